The fraction of sp³-hybridized carbons (Fsp3) is 0.300. The van der Waals surface area contributed by atoms with Gasteiger partial charge in [-0.3, -0.25) is 31.3 Å². The van der Waals surface area contributed by atoms with Crippen LogP contribution in [-0.4, -0.2) is 11.8 Å². The van der Waals surface area contributed by atoms with Gasteiger partial charge in [0.05, 0.1) is 11.4 Å². The lowest BCUT2D eigenvalue weighted by Crippen LogP contribution is -2.44. The zero-order chi connectivity index (χ0) is 18.8. The van der Waals surface area contributed by atoms with Gasteiger partial charge in [0.25, 0.3) is 0 Å². The topological polar surface area (TPSA) is 82.3 Å². The summed E-state index contributed by atoms with van der Waals surface area (Å²) < 4.78 is 0. The van der Waals surface area contributed by atoms with E-state index in [1.807, 2.05) is 48.5 Å². The maximum absolute atomic E-state index is 11.8. The van der Waals surface area contributed by atoms with Crippen LogP contribution in [0.15, 0.2) is 48.5 Å². The number of hydrogen-bond acceptors (Lipinski definition) is 4. The normalized spacial score (nSPS) is 10.1. The molecule has 0 saturated carbocycles. The van der Waals surface area contributed by atoms with E-state index in [0.29, 0.717) is 11.4 Å². The molecule has 0 aliphatic carbocycles. The fourth-order valence-electron chi connectivity index (χ4n) is 2.46. The molecule has 2 aromatic rings. The molecule has 0 unspecified atom stereocenters. The van der Waals surface area contributed by atoms with Crippen LogP contribution in [0.1, 0.15) is 37.8 Å². The Kier molecular flexibility index (Phi) is 7.49. The Hall–Kier alpha value is -3.02. The molecule has 0 aromatic heterocycles. The minimum absolute atomic E-state index is 0.713. The zero-order valence-corrected chi connectivity index (χ0v) is 15.3. The Balaban J connectivity index is 1.75. The second kappa shape index (κ2) is 10.1. The molecule has 0 aliphatic heterocycles. The average Bonchev–Trinajstić information content (AvgIpc) is 2.67. The van der Waals surface area contributed by atoms with Crippen LogP contribution in [0.2, 0.25) is 0 Å². The number of carbonyl (C=O) groups excluding carboxylic acids is 2. The molecule has 0 bridgehead atoms. The lowest BCUT2D eigenvalue weighted by atomic mass is 10.1. The van der Waals surface area contributed by atoms with Gasteiger partial charge in [0.1, 0.15) is 0 Å². The minimum atomic E-state index is -0.780. The number of anilines is 2. The van der Waals surface area contributed by atoms with E-state index in [2.05, 4.69) is 35.6 Å². The molecular weight excluding hydrogens is 328 g/mol. The molecule has 26 heavy (non-hydrogen) atoms. The summed E-state index contributed by atoms with van der Waals surface area (Å²) in [5.74, 6) is -1.56. The van der Waals surface area contributed by atoms with Crippen LogP contribution in [-0.2, 0) is 22.4 Å². The number of hydrazine groups is 2. The van der Waals surface area contributed by atoms with Crippen molar-refractivity contribution in [2.45, 2.75) is 39.5 Å². The summed E-state index contributed by atoms with van der Waals surface area (Å²) in [5.41, 5.74) is 14.1. The van der Waals surface area contributed by atoms with E-state index in [0.717, 1.165) is 25.7 Å². The number of nitrogens with one attached hydrogen (secondary N) is 4. The lowest BCUT2D eigenvalue weighted by molar-refractivity contribution is -0.138. The monoisotopic (exact) mass is 354 g/mol. The molecule has 2 aromatic carbocycles. The first kappa shape index (κ1) is 19.3. The maximum atomic E-state index is 11.8. The Morgan fingerprint density at radius 1 is 0.654 bits per heavy atom. The second-order valence-corrected chi connectivity index (χ2v) is 6.05. The molecule has 6 nitrogen and oxygen atoms in total. The third-order valence-electron chi connectivity index (χ3n) is 3.83. The van der Waals surface area contributed by atoms with Gasteiger partial charge in [0.2, 0.25) is 0 Å². The SMILES string of the molecule is CCCc1ccc(NNC(=O)C(=O)NNc2ccc(CCC)cc2)cc1. The fourth-order valence-corrected chi connectivity index (χ4v) is 2.46. The van der Waals surface area contributed by atoms with Crippen LogP contribution in [0.4, 0.5) is 11.4 Å². The Bertz CT molecular complexity index is 648. The molecular formula is C20H26N4O2. The Morgan fingerprint density at radius 3 is 1.31 bits per heavy atom. The molecule has 138 valence electrons. The highest BCUT2D eigenvalue weighted by Crippen LogP contribution is 2.11. The summed E-state index contributed by atoms with van der Waals surface area (Å²) in [7, 11) is 0. The summed E-state index contributed by atoms with van der Waals surface area (Å²) in [5, 5.41) is 0. The first-order valence-corrected chi connectivity index (χ1v) is 8.92. The molecule has 0 aliphatic rings. The van der Waals surface area contributed by atoms with Crippen molar-refractivity contribution in [1.82, 2.24) is 10.9 Å². The highest BCUT2D eigenvalue weighted by Gasteiger charge is 2.12. The zero-order valence-electron chi connectivity index (χ0n) is 15.3. The quantitative estimate of drug-likeness (QED) is 0.433. The predicted octanol–water partition coefficient (Wildman–Crippen LogP) is 3.18. The Morgan fingerprint density at radius 2 is 1.00 bits per heavy atom. The Labute approximate surface area is 154 Å². The van der Waals surface area contributed by atoms with Gasteiger partial charge in [0.15, 0.2) is 0 Å². The van der Waals surface area contributed by atoms with Crippen molar-refractivity contribution in [3.63, 3.8) is 0 Å². The standard InChI is InChI=1S/C20H26N4O2/c1-3-5-15-7-11-17(12-8-15)21-23-19(25)20(26)24-22-18-13-9-16(6-4-2)10-14-18/h7-14,21-22H,3-6H2,1-2H3,(H,23,25)(H,24,26). The molecule has 0 fully saturated rings. The van der Waals surface area contributed by atoms with E-state index < -0.39 is 11.8 Å². The third kappa shape index (κ3) is 6.12. The van der Waals surface area contributed by atoms with Gasteiger partial charge in [0, 0.05) is 0 Å². The van der Waals surface area contributed by atoms with Gasteiger partial charge < -0.3 is 0 Å². The van der Waals surface area contributed by atoms with Crippen LogP contribution in [0.5, 0.6) is 0 Å². The largest absolute Gasteiger partial charge is 0.329 e. The highest BCUT2D eigenvalue weighted by molar-refractivity contribution is 6.35. The second-order valence-electron chi connectivity index (χ2n) is 6.05. The van der Waals surface area contributed by atoms with E-state index in [1.54, 1.807) is 0 Å². The van der Waals surface area contributed by atoms with Crippen molar-refractivity contribution in [3.05, 3.63) is 59.7 Å². The van der Waals surface area contributed by atoms with Crippen molar-refractivity contribution in [2.24, 2.45) is 0 Å². The van der Waals surface area contributed by atoms with Gasteiger partial charge in [-0.1, -0.05) is 51.0 Å². The summed E-state index contributed by atoms with van der Waals surface area (Å²) in [6.07, 6.45) is 4.19. The van der Waals surface area contributed by atoms with Gasteiger partial charge in [-0.25, -0.2) is 0 Å². The molecule has 0 heterocycles. The first-order valence-electron chi connectivity index (χ1n) is 8.92. The average molecular weight is 354 g/mol. The smallest absolute Gasteiger partial charge is 0.298 e. The highest BCUT2D eigenvalue weighted by atomic mass is 16.2. The number of benzene rings is 2. The van der Waals surface area contributed by atoms with E-state index in [1.165, 1.54) is 11.1 Å². The molecule has 2 amide bonds. The van der Waals surface area contributed by atoms with E-state index in [-0.39, 0.29) is 0 Å². The summed E-state index contributed by atoms with van der Waals surface area (Å²) in [4.78, 5) is 23.6. The molecule has 0 radical (unpaired) electrons. The van der Waals surface area contributed by atoms with Crippen LogP contribution in [0, 0.1) is 0 Å². The number of hydrogen-bond donors (Lipinski definition) is 4. The van der Waals surface area contributed by atoms with Crippen molar-refractivity contribution < 1.29 is 9.59 Å². The van der Waals surface area contributed by atoms with Crippen molar-refractivity contribution in [2.75, 3.05) is 10.9 Å². The molecule has 0 saturated heterocycles. The predicted molar refractivity (Wildman–Crippen MR) is 104 cm³/mol. The van der Waals surface area contributed by atoms with Crippen LogP contribution in [0.3, 0.4) is 0 Å². The van der Waals surface area contributed by atoms with Gasteiger partial charge in [-0.05, 0) is 48.2 Å². The van der Waals surface area contributed by atoms with Crippen molar-refractivity contribution >= 4 is 23.2 Å². The molecule has 4 N–H and O–H groups in total. The number of aryl methyl sites for hydroxylation is 2. The van der Waals surface area contributed by atoms with Crippen LogP contribution in [0.25, 0.3) is 0 Å². The van der Waals surface area contributed by atoms with Gasteiger partial charge >= 0.3 is 11.8 Å². The number of rotatable bonds is 8. The van der Waals surface area contributed by atoms with E-state index >= 15 is 0 Å². The molecule has 6 heteroatoms. The summed E-state index contributed by atoms with van der Waals surface area (Å²) in [6.45, 7) is 4.25. The van der Waals surface area contributed by atoms with Gasteiger partial charge in [-0.2, -0.15) is 0 Å². The first-order chi connectivity index (χ1) is 12.6. The molecule has 2 rings (SSSR count). The minimum Gasteiger partial charge on any atom is -0.298 e. The molecule has 0 atom stereocenters. The third-order valence-corrected chi connectivity index (χ3v) is 3.83. The lowest BCUT2D eigenvalue weighted by Gasteiger charge is -2.11. The van der Waals surface area contributed by atoms with Gasteiger partial charge in [-0.15, -0.1) is 0 Å². The maximum Gasteiger partial charge on any atom is 0.329 e. The van der Waals surface area contributed by atoms with Crippen LogP contribution >= 0.6 is 0 Å². The number of amides is 2. The summed E-state index contributed by atoms with van der Waals surface area (Å²) in [6, 6.07) is 15.4. The van der Waals surface area contributed by atoms with E-state index in [9.17, 15) is 9.59 Å². The van der Waals surface area contributed by atoms with E-state index in [4.69, 9.17) is 0 Å². The van der Waals surface area contributed by atoms with Crippen molar-refractivity contribution in [3.8, 4) is 0 Å². The summed E-state index contributed by atoms with van der Waals surface area (Å²) >= 11 is 0. The van der Waals surface area contributed by atoms with Crippen LogP contribution < -0.4 is 21.7 Å². The molecule has 0 spiro atoms. The number of carbonyl (C=O) groups is 2. The van der Waals surface area contributed by atoms with Crippen molar-refractivity contribution in [1.29, 1.82) is 0 Å².